The van der Waals surface area contributed by atoms with Gasteiger partial charge in [0.15, 0.2) is 0 Å². The lowest BCUT2D eigenvalue weighted by atomic mass is 10.1. The summed E-state index contributed by atoms with van der Waals surface area (Å²) in [6.45, 7) is 2.51. The van der Waals surface area contributed by atoms with E-state index in [2.05, 4.69) is 16.8 Å². The fourth-order valence-corrected chi connectivity index (χ4v) is 4.83. The van der Waals surface area contributed by atoms with Gasteiger partial charge < -0.3 is 4.74 Å². The highest BCUT2D eigenvalue weighted by Crippen LogP contribution is 2.22. The van der Waals surface area contributed by atoms with Gasteiger partial charge >= 0.3 is 0 Å². The summed E-state index contributed by atoms with van der Waals surface area (Å²) in [6.07, 6.45) is 2.38. The summed E-state index contributed by atoms with van der Waals surface area (Å²) >= 11 is 0. The minimum Gasteiger partial charge on any atom is -0.379 e. The van der Waals surface area contributed by atoms with Crippen LogP contribution in [-0.2, 0) is 27.9 Å². The van der Waals surface area contributed by atoms with Gasteiger partial charge in [-0.05, 0) is 23.8 Å². The number of benzene rings is 1. The van der Waals surface area contributed by atoms with Crippen LogP contribution in [0, 0.1) is 11.8 Å². The zero-order valence-electron chi connectivity index (χ0n) is 15.0. The van der Waals surface area contributed by atoms with Crippen LogP contribution >= 0.6 is 0 Å². The summed E-state index contributed by atoms with van der Waals surface area (Å²) < 4.78 is 34.1. The summed E-state index contributed by atoms with van der Waals surface area (Å²) in [4.78, 5) is 4.50. The number of fused-ring (bicyclic) bond motifs is 1. The predicted molar refractivity (Wildman–Crippen MR) is 102 cm³/mol. The monoisotopic (exact) mass is 383 g/mol. The summed E-state index contributed by atoms with van der Waals surface area (Å²) in [6, 6.07) is 11.7. The molecule has 4 rings (SSSR count). The maximum absolute atomic E-state index is 12.9. The van der Waals surface area contributed by atoms with Gasteiger partial charge in [-0.3, -0.25) is 4.98 Å². The molecule has 27 heavy (non-hydrogen) atoms. The molecule has 1 saturated heterocycles. The largest absolute Gasteiger partial charge is 0.379 e. The fourth-order valence-electron chi connectivity index (χ4n) is 3.27. The van der Waals surface area contributed by atoms with Crippen LogP contribution < -0.4 is 0 Å². The fraction of sp³-hybridized carbons (Fsp3) is 0.350. The second kappa shape index (κ2) is 7.79. The lowest BCUT2D eigenvalue weighted by Crippen LogP contribution is -2.49. The van der Waals surface area contributed by atoms with E-state index in [1.54, 1.807) is 6.20 Å². The maximum Gasteiger partial charge on any atom is 0.282 e. The molecule has 140 valence electrons. The first kappa shape index (κ1) is 18.1. The standard InChI is InChI=1S/C20H21N3O3S/c24-27(25,22-10-12-26-13-11-22)23-9-8-20-19(16-23)14-18(15-21-20)7-6-17-4-2-1-3-5-17/h1-5,14-15H,8-13,16H2. The van der Waals surface area contributed by atoms with Gasteiger partial charge in [-0.15, -0.1) is 0 Å². The van der Waals surface area contributed by atoms with Crippen LogP contribution in [0.4, 0.5) is 0 Å². The molecule has 0 atom stereocenters. The zero-order valence-corrected chi connectivity index (χ0v) is 15.8. The molecule has 6 nitrogen and oxygen atoms in total. The van der Waals surface area contributed by atoms with E-state index in [1.165, 1.54) is 8.61 Å². The first-order valence-electron chi connectivity index (χ1n) is 9.01. The third kappa shape index (κ3) is 4.04. The van der Waals surface area contributed by atoms with E-state index < -0.39 is 10.2 Å². The van der Waals surface area contributed by atoms with Crippen LogP contribution in [0.1, 0.15) is 22.4 Å². The van der Waals surface area contributed by atoms with Crippen molar-refractivity contribution in [2.24, 2.45) is 0 Å². The molecule has 2 aliphatic heterocycles. The van der Waals surface area contributed by atoms with Crippen molar-refractivity contribution in [3.05, 3.63) is 65.0 Å². The highest BCUT2D eigenvalue weighted by atomic mass is 32.2. The Kier molecular flexibility index (Phi) is 5.23. The number of rotatable bonds is 2. The van der Waals surface area contributed by atoms with E-state index in [1.807, 2.05) is 36.4 Å². The molecule has 0 saturated carbocycles. The molecule has 0 spiro atoms. The van der Waals surface area contributed by atoms with Crippen molar-refractivity contribution in [3.63, 3.8) is 0 Å². The molecule has 1 aromatic heterocycles. The second-order valence-electron chi connectivity index (χ2n) is 6.55. The summed E-state index contributed by atoms with van der Waals surface area (Å²) in [5, 5.41) is 0. The van der Waals surface area contributed by atoms with Gasteiger partial charge in [0.25, 0.3) is 10.2 Å². The summed E-state index contributed by atoms with van der Waals surface area (Å²) in [5.74, 6) is 6.24. The quantitative estimate of drug-likeness (QED) is 0.736. The van der Waals surface area contributed by atoms with Crippen LogP contribution in [0.5, 0.6) is 0 Å². The lowest BCUT2D eigenvalue weighted by Gasteiger charge is -2.34. The average Bonchev–Trinajstić information content (AvgIpc) is 2.73. The Morgan fingerprint density at radius 2 is 1.70 bits per heavy atom. The molecule has 0 unspecified atom stereocenters. The van der Waals surface area contributed by atoms with Crippen LogP contribution in [0.25, 0.3) is 0 Å². The van der Waals surface area contributed by atoms with E-state index in [9.17, 15) is 8.42 Å². The molecular formula is C20H21N3O3S. The Balaban J connectivity index is 1.54. The molecule has 3 heterocycles. The average molecular weight is 383 g/mol. The van der Waals surface area contributed by atoms with Crippen molar-refractivity contribution >= 4 is 10.2 Å². The van der Waals surface area contributed by atoms with Gasteiger partial charge in [0.1, 0.15) is 0 Å². The summed E-state index contributed by atoms with van der Waals surface area (Å²) in [7, 11) is -3.47. The van der Waals surface area contributed by atoms with Crippen molar-refractivity contribution in [2.45, 2.75) is 13.0 Å². The third-order valence-corrected chi connectivity index (χ3v) is 6.73. The number of hydrogen-bond donors (Lipinski definition) is 0. The highest BCUT2D eigenvalue weighted by Gasteiger charge is 2.33. The minimum atomic E-state index is -3.47. The Hall–Kier alpha value is -2.24. The van der Waals surface area contributed by atoms with Gasteiger partial charge in [0.2, 0.25) is 0 Å². The topological polar surface area (TPSA) is 62.7 Å². The number of pyridine rings is 1. The van der Waals surface area contributed by atoms with E-state index in [0.717, 1.165) is 22.4 Å². The highest BCUT2D eigenvalue weighted by molar-refractivity contribution is 7.86. The van der Waals surface area contributed by atoms with Crippen molar-refractivity contribution in [3.8, 4) is 11.8 Å². The van der Waals surface area contributed by atoms with Gasteiger partial charge in [-0.25, -0.2) is 0 Å². The molecule has 0 bridgehead atoms. The normalized spacial score (nSPS) is 18.4. The second-order valence-corrected chi connectivity index (χ2v) is 8.48. The van der Waals surface area contributed by atoms with Crippen LogP contribution in [0.15, 0.2) is 42.6 Å². The van der Waals surface area contributed by atoms with E-state index in [4.69, 9.17) is 4.74 Å². The number of ether oxygens (including phenoxy) is 1. The van der Waals surface area contributed by atoms with Crippen LogP contribution in [-0.4, -0.2) is 54.9 Å². The molecule has 1 aromatic carbocycles. The van der Waals surface area contributed by atoms with E-state index in [0.29, 0.717) is 45.8 Å². The zero-order chi connectivity index (χ0) is 18.7. The number of morpholine rings is 1. The van der Waals surface area contributed by atoms with E-state index >= 15 is 0 Å². The maximum atomic E-state index is 12.9. The molecule has 0 N–H and O–H groups in total. The summed E-state index contributed by atoms with van der Waals surface area (Å²) in [5.41, 5.74) is 3.61. The van der Waals surface area contributed by atoms with Gasteiger partial charge in [-0.1, -0.05) is 30.0 Å². The third-order valence-electron chi connectivity index (χ3n) is 4.75. The van der Waals surface area contributed by atoms with Crippen molar-refractivity contribution < 1.29 is 13.2 Å². The van der Waals surface area contributed by atoms with Crippen LogP contribution in [0.3, 0.4) is 0 Å². The molecular weight excluding hydrogens is 362 g/mol. The van der Waals surface area contributed by atoms with Crippen LogP contribution in [0.2, 0.25) is 0 Å². The van der Waals surface area contributed by atoms with Crippen molar-refractivity contribution in [1.82, 2.24) is 13.6 Å². The number of hydrogen-bond acceptors (Lipinski definition) is 4. The molecule has 0 amide bonds. The Morgan fingerprint density at radius 3 is 2.48 bits per heavy atom. The molecule has 0 radical (unpaired) electrons. The first-order chi connectivity index (χ1) is 13.1. The predicted octanol–water partition coefficient (Wildman–Crippen LogP) is 1.42. The molecule has 1 fully saturated rings. The van der Waals surface area contributed by atoms with Gasteiger partial charge in [-0.2, -0.15) is 17.0 Å². The number of aromatic nitrogens is 1. The minimum absolute atomic E-state index is 0.336. The lowest BCUT2D eigenvalue weighted by molar-refractivity contribution is 0.0698. The van der Waals surface area contributed by atoms with Crippen molar-refractivity contribution in [2.75, 3.05) is 32.8 Å². The first-order valence-corrected chi connectivity index (χ1v) is 10.4. The Bertz CT molecular complexity index is 975. The number of nitrogens with zero attached hydrogens (tertiary/aromatic N) is 3. The van der Waals surface area contributed by atoms with Gasteiger partial charge in [0, 0.05) is 55.6 Å². The Morgan fingerprint density at radius 1 is 0.963 bits per heavy atom. The van der Waals surface area contributed by atoms with Crippen molar-refractivity contribution in [1.29, 1.82) is 0 Å². The molecule has 2 aliphatic rings. The Labute approximate surface area is 160 Å². The molecule has 7 heteroatoms. The molecule has 0 aliphatic carbocycles. The van der Waals surface area contributed by atoms with Gasteiger partial charge in [0.05, 0.1) is 13.2 Å². The van der Waals surface area contributed by atoms with E-state index in [-0.39, 0.29) is 0 Å². The smallest absolute Gasteiger partial charge is 0.282 e. The molecule has 2 aromatic rings. The SMILES string of the molecule is O=S(=O)(N1CCOCC1)N1CCc2ncc(C#Cc3ccccc3)cc2C1.